The summed E-state index contributed by atoms with van der Waals surface area (Å²) in [5.41, 5.74) is 1.17. The molecule has 8 heteroatoms. The molecule has 0 bridgehead atoms. The fourth-order valence-electron chi connectivity index (χ4n) is 3.19. The second kappa shape index (κ2) is 15.2. The van der Waals surface area contributed by atoms with Crippen LogP contribution >= 0.6 is 35.6 Å². The lowest BCUT2D eigenvalue weighted by Crippen LogP contribution is -2.46. The van der Waals surface area contributed by atoms with Gasteiger partial charge in [0.2, 0.25) is 0 Å². The molecule has 1 aromatic heterocycles. The van der Waals surface area contributed by atoms with Crippen molar-refractivity contribution in [2.24, 2.45) is 4.99 Å². The molecule has 0 radical (unpaired) electrons. The van der Waals surface area contributed by atoms with E-state index in [1.807, 2.05) is 18.3 Å². The number of nitrogens with zero attached hydrogens (tertiary/aromatic N) is 4. The summed E-state index contributed by atoms with van der Waals surface area (Å²) >= 11 is 5.82. The SMILES string of the molecule is CCNC(=NCCCCN1CCN(CC)CC1)NCCc1ccc(Cl)nc1.I. The lowest BCUT2D eigenvalue weighted by molar-refractivity contribution is 0.136. The highest BCUT2D eigenvalue weighted by atomic mass is 127. The summed E-state index contributed by atoms with van der Waals surface area (Å²) in [4.78, 5) is 13.9. The Bertz CT molecular complexity index is 546. The molecule has 0 aliphatic carbocycles. The molecule has 0 atom stereocenters. The van der Waals surface area contributed by atoms with Gasteiger partial charge in [0.05, 0.1) is 0 Å². The number of guanidine groups is 1. The van der Waals surface area contributed by atoms with Gasteiger partial charge in [0.25, 0.3) is 0 Å². The van der Waals surface area contributed by atoms with Crippen molar-refractivity contribution < 1.29 is 0 Å². The highest BCUT2D eigenvalue weighted by Crippen LogP contribution is 2.05. The molecule has 160 valence electrons. The molecule has 0 amide bonds. The molecule has 0 aromatic carbocycles. The number of hydrogen-bond acceptors (Lipinski definition) is 4. The van der Waals surface area contributed by atoms with Gasteiger partial charge in [-0.05, 0) is 50.9 Å². The molecule has 1 fully saturated rings. The maximum atomic E-state index is 5.82. The van der Waals surface area contributed by atoms with Crippen LogP contribution in [-0.2, 0) is 6.42 Å². The van der Waals surface area contributed by atoms with Gasteiger partial charge in [0, 0.05) is 52.0 Å². The molecule has 1 aliphatic heterocycles. The van der Waals surface area contributed by atoms with Crippen LogP contribution in [0.5, 0.6) is 0 Å². The Hall–Kier alpha value is -0.640. The third-order valence-corrected chi connectivity index (χ3v) is 5.13. The lowest BCUT2D eigenvalue weighted by atomic mass is 10.2. The Balaban J connectivity index is 0.00000392. The summed E-state index contributed by atoms with van der Waals surface area (Å²) < 4.78 is 0. The zero-order valence-corrected chi connectivity index (χ0v) is 20.4. The number of rotatable bonds is 10. The molecule has 0 saturated carbocycles. The van der Waals surface area contributed by atoms with Crippen LogP contribution in [-0.4, -0.2) is 79.6 Å². The van der Waals surface area contributed by atoms with Crippen LogP contribution in [0.15, 0.2) is 23.3 Å². The second-order valence-corrected chi connectivity index (χ2v) is 7.30. The van der Waals surface area contributed by atoms with Crippen LogP contribution in [0, 0.1) is 0 Å². The first-order chi connectivity index (χ1) is 13.2. The number of pyridine rings is 1. The number of nitrogens with one attached hydrogen (secondary N) is 2. The quantitative estimate of drug-likeness (QED) is 0.163. The monoisotopic (exact) mass is 522 g/mol. The van der Waals surface area contributed by atoms with Gasteiger partial charge in [-0.25, -0.2) is 4.98 Å². The minimum Gasteiger partial charge on any atom is -0.357 e. The predicted molar refractivity (Wildman–Crippen MR) is 130 cm³/mol. The predicted octanol–water partition coefficient (Wildman–Crippen LogP) is 2.87. The van der Waals surface area contributed by atoms with E-state index in [4.69, 9.17) is 16.6 Å². The van der Waals surface area contributed by atoms with Crippen molar-refractivity contribution in [2.45, 2.75) is 33.1 Å². The molecule has 1 aromatic rings. The highest BCUT2D eigenvalue weighted by molar-refractivity contribution is 14.0. The molecular weight excluding hydrogens is 487 g/mol. The van der Waals surface area contributed by atoms with E-state index in [9.17, 15) is 0 Å². The topological polar surface area (TPSA) is 55.8 Å². The molecule has 2 N–H and O–H groups in total. The first kappa shape index (κ1) is 25.4. The maximum Gasteiger partial charge on any atom is 0.191 e. The number of halogens is 2. The summed E-state index contributed by atoms with van der Waals surface area (Å²) in [5, 5.41) is 7.25. The van der Waals surface area contributed by atoms with Gasteiger partial charge in [-0.2, -0.15) is 0 Å². The van der Waals surface area contributed by atoms with Gasteiger partial charge in [-0.3, -0.25) is 4.99 Å². The average molecular weight is 523 g/mol. The van der Waals surface area contributed by atoms with Crippen molar-refractivity contribution in [3.63, 3.8) is 0 Å². The van der Waals surface area contributed by atoms with E-state index in [0.29, 0.717) is 5.15 Å². The van der Waals surface area contributed by atoms with Gasteiger partial charge in [-0.15, -0.1) is 24.0 Å². The minimum atomic E-state index is 0. The number of piperazine rings is 1. The largest absolute Gasteiger partial charge is 0.357 e. The zero-order chi connectivity index (χ0) is 19.3. The number of likely N-dealkylation sites (N-methyl/N-ethyl adjacent to an activating group) is 1. The normalized spacial score (nSPS) is 15.9. The van der Waals surface area contributed by atoms with Gasteiger partial charge >= 0.3 is 0 Å². The van der Waals surface area contributed by atoms with Gasteiger partial charge < -0.3 is 20.4 Å². The summed E-state index contributed by atoms with van der Waals surface area (Å²) in [7, 11) is 0. The van der Waals surface area contributed by atoms with E-state index in [1.54, 1.807) is 0 Å². The van der Waals surface area contributed by atoms with Crippen molar-refractivity contribution in [2.75, 3.05) is 58.9 Å². The van der Waals surface area contributed by atoms with E-state index in [1.165, 1.54) is 51.3 Å². The summed E-state index contributed by atoms with van der Waals surface area (Å²) in [6.07, 6.45) is 5.07. The lowest BCUT2D eigenvalue weighted by Gasteiger charge is -2.33. The Morgan fingerprint density at radius 3 is 2.50 bits per heavy atom. The first-order valence-corrected chi connectivity index (χ1v) is 10.7. The Morgan fingerprint density at radius 2 is 1.86 bits per heavy atom. The summed E-state index contributed by atoms with van der Waals surface area (Å²) in [6, 6.07) is 3.85. The van der Waals surface area contributed by atoms with Gasteiger partial charge in [0.15, 0.2) is 5.96 Å². The molecule has 2 rings (SSSR count). The van der Waals surface area contributed by atoms with Crippen LogP contribution in [0.1, 0.15) is 32.3 Å². The van der Waals surface area contributed by atoms with Crippen molar-refractivity contribution in [1.82, 2.24) is 25.4 Å². The standard InChI is InChI=1S/C20H35ClN6.HI/c1-3-22-20(24-11-9-18-7-8-19(21)25-17-18)23-10-5-6-12-27-15-13-26(4-2)14-16-27;/h7-8,17H,3-6,9-16H2,1-2H3,(H2,22,23,24);1H. The molecule has 6 nitrogen and oxygen atoms in total. The van der Waals surface area contributed by atoms with Crippen LogP contribution in [0.4, 0.5) is 0 Å². The molecular formula is C20H36ClIN6. The molecule has 28 heavy (non-hydrogen) atoms. The molecule has 0 unspecified atom stereocenters. The smallest absolute Gasteiger partial charge is 0.191 e. The molecule has 1 saturated heterocycles. The van der Waals surface area contributed by atoms with Gasteiger partial charge in [-0.1, -0.05) is 24.6 Å². The number of unbranched alkanes of at least 4 members (excludes halogenated alkanes) is 1. The second-order valence-electron chi connectivity index (χ2n) is 6.91. The Morgan fingerprint density at radius 1 is 1.11 bits per heavy atom. The fourth-order valence-corrected chi connectivity index (χ4v) is 3.30. The summed E-state index contributed by atoms with van der Waals surface area (Å²) in [6.45, 7) is 14.1. The Kier molecular flexibility index (Phi) is 13.8. The Labute approximate surface area is 192 Å². The third-order valence-electron chi connectivity index (χ3n) is 4.90. The van der Waals surface area contributed by atoms with E-state index in [0.717, 1.165) is 38.4 Å². The fraction of sp³-hybridized carbons (Fsp3) is 0.700. The van der Waals surface area contributed by atoms with Crippen LogP contribution in [0.25, 0.3) is 0 Å². The van der Waals surface area contributed by atoms with E-state index < -0.39 is 0 Å². The van der Waals surface area contributed by atoms with E-state index >= 15 is 0 Å². The number of aliphatic imine (C=N–C) groups is 1. The van der Waals surface area contributed by atoms with Crippen LogP contribution in [0.2, 0.25) is 5.15 Å². The maximum absolute atomic E-state index is 5.82. The minimum absolute atomic E-state index is 0. The van der Waals surface area contributed by atoms with Crippen molar-refractivity contribution >= 4 is 41.5 Å². The highest BCUT2D eigenvalue weighted by Gasteiger charge is 2.14. The third kappa shape index (κ3) is 10.2. The first-order valence-electron chi connectivity index (χ1n) is 10.3. The van der Waals surface area contributed by atoms with E-state index in [-0.39, 0.29) is 24.0 Å². The van der Waals surface area contributed by atoms with Gasteiger partial charge in [0.1, 0.15) is 5.15 Å². The summed E-state index contributed by atoms with van der Waals surface area (Å²) in [5.74, 6) is 0.899. The van der Waals surface area contributed by atoms with Crippen molar-refractivity contribution in [3.05, 3.63) is 29.0 Å². The molecule has 2 heterocycles. The molecule has 1 aliphatic rings. The van der Waals surface area contributed by atoms with Crippen LogP contribution in [0.3, 0.4) is 0 Å². The molecule has 0 spiro atoms. The van der Waals surface area contributed by atoms with Crippen LogP contribution < -0.4 is 10.6 Å². The average Bonchev–Trinajstić information content (AvgIpc) is 2.69. The van der Waals surface area contributed by atoms with Crippen molar-refractivity contribution in [1.29, 1.82) is 0 Å². The zero-order valence-electron chi connectivity index (χ0n) is 17.3. The number of hydrogen-bond donors (Lipinski definition) is 2. The van der Waals surface area contributed by atoms with E-state index in [2.05, 4.69) is 39.3 Å². The number of aromatic nitrogens is 1. The van der Waals surface area contributed by atoms with Crippen molar-refractivity contribution in [3.8, 4) is 0 Å².